The molecule has 2 rings (SSSR count). The molecule has 1 aliphatic heterocycles. The average molecular weight is 279 g/mol. The minimum Gasteiger partial charge on any atom is -0.393 e. The van der Waals surface area contributed by atoms with E-state index in [4.69, 9.17) is 5.11 Å². The van der Waals surface area contributed by atoms with Crippen LogP contribution in [0.25, 0.3) is 0 Å². The van der Waals surface area contributed by atoms with Gasteiger partial charge in [0, 0.05) is 18.7 Å². The van der Waals surface area contributed by atoms with Crippen molar-refractivity contribution in [3.63, 3.8) is 0 Å². The molecule has 2 N–H and O–H groups in total. The normalized spacial score (nSPS) is 24.8. The van der Waals surface area contributed by atoms with Gasteiger partial charge in [0.05, 0.1) is 11.5 Å². The first kappa shape index (κ1) is 14.2. The number of aliphatic hydroxyl groups excluding tert-OH is 1. The van der Waals surface area contributed by atoms with E-state index in [1.54, 1.807) is 23.4 Å². The Morgan fingerprint density at radius 2 is 2.11 bits per heavy atom. The number of benzene rings is 1. The van der Waals surface area contributed by atoms with Crippen LogP contribution in [0.3, 0.4) is 0 Å². The minimum atomic E-state index is -1.31. The van der Waals surface area contributed by atoms with Crippen molar-refractivity contribution in [2.24, 2.45) is 0 Å². The Morgan fingerprint density at radius 1 is 1.42 bits per heavy atom. The third-order valence-electron chi connectivity index (χ3n) is 3.15. The van der Waals surface area contributed by atoms with Crippen molar-refractivity contribution in [2.45, 2.75) is 23.8 Å². The Labute approximate surface area is 115 Å². The quantitative estimate of drug-likeness (QED) is 0.793. The molecule has 1 heterocycles. The summed E-state index contributed by atoms with van der Waals surface area (Å²) in [5.74, 6) is 5.74. The van der Waals surface area contributed by atoms with Crippen LogP contribution in [0.1, 0.15) is 18.9 Å². The first-order chi connectivity index (χ1) is 9.08. The van der Waals surface area contributed by atoms with Crippen molar-refractivity contribution in [1.82, 2.24) is 4.31 Å². The van der Waals surface area contributed by atoms with Crippen molar-refractivity contribution in [3.05, 3.63) is 29.8 Å². The summed E-state index contributed by atoms with van der Waals surface area (Å²) in [6, 6.07) is 7.23. The van der Waals surface area contributed by atoms with Gasteiger partial charge in [0.2, 0.25) is 0 Å². The molecule has 4 nitrogen and oxygen atoms in total. The maximum Gasteiger partial charge on any atom is 0.127 e. The van der Waals surface area contributed by atoms with Gasteiger partial charge >= 0.3 is 0 Å². The third-order valence-corrected chi connectivity index (χ3v) is 4.61. The van der Waals surface area contributed by atoms with Crippen LogP contribution in [0, 0.1) is 11.8 Å². The molecule has 5 heteroatoms. The number of β-amino-alcohol motifs (C(OH)–C–C–N with tert-alkyl or cyclic N) is 1. The summed E-state index contributed by atoms with van der Waals surface area (Å²) in [7, 11) is -1.31. The number of aliphatic hydroxyl groups is 2. The Balaban J connectivity index is 2.10. The zero-order chi connectivity index (χ0) is 13.9. The first-order valence-corrected chi connectivity index (χ1v) is 7.21. The van der Waals surface area contributed by atoms with Crippen LogP contribution in [0.4, 0.5) is 0 Å². The molecule has 1 aliphatic rings. The summed E-state index contributed by atoms with van der Waals surface area (Å²) in [6.45, 7) is 2.21. The van der Waals surface area contributed by atoms with Crippen LogP contribution in [0.5, 0.6) is 0 Å². The van der Waals surface area contributed by atoms with Crippen LogP contribution in [-0.2, 0) is 11.0 Å². The molecule has 1 aromatic carbocycles. The fraction of sp³-hybridized carbons (Fsp3) is 0.429. The molecule has 0 aliphatic carbocycles. The highest BCUT2D eigenvalue weighted by atomic mass is 32.2. The molecule has 0 aromatic heterocycles. The molecule has 19 heavy (non-hydrogen) atoms. The first-order valence-electron chi connectivity index (χ1n) is 6.11. The zero-order valence-electron chi connectivity index (χ0n) is 10.8. The van der Waals surface area contributed by atoms with Crippen LogP contribution < -0.4 is 0 Å². The van der Waals surface area contributed by atoms with Crippen LogP contribution in [0.2, 0.25) is 0 Å². The van der Waals surface area contributed by atoms with E-state index in [0.29, 0.717) is 17.9 Å². The lowest BCUT2D eigenvalue weighted by Crippen LogP contribution is -2.37. The molecule has 0 amide bonds. The SMILES string of the molecule is CC#Cc1ccc(S(=O)N2CCC(O)(CO)C2)cc1. The molecule has 1 aromatic rings. The Hall–Kier alpha value is -1.19. The fourth-order valence-corrected chi connectivity index (χ4v) is 3.32. The van der Waals surface area contributed by atoms with Crippen LogP contribution in [-0.4, -0.2) is 44.0 Å². The van der Waals surface area contributed by atoms with Gasteiger partial charge in [-0.1, -0.05) is 5.92 Å². The van der Waals surface area contributed by atoms with E-state index in [2.05, 4.69) is 11.8 Å². The van der Waals surface area contributed by atoms with Gasteiger partial charge in [-0.25, -0.2) is 8.51 Å². The second kappa shape index (κ2) is 5.85. The average Bonchev–Trinajstić information content (AvgIpc) is 2.83. The van der Waals surface area contributed by atoms with E-state index in [1.165, 1.54) is 0 Å². The number of hydrogen-bond acceptors (Lipinski definition) is 3. The Kier molecular flexibility index (Phi) is 4.38. The summed E-state index contributed by atoms with van der Waals surface area (Å²) in [5, 5.41) is 19.0. The minimum absolute atomic E-state index is 0.229. The van der Waals surface area contributed by atoms with E-state index in [9.17, 15) is 9.32 Å². The molecule has 0 saturated carbocycles. The topological polar surface area (TPSA) is 60.8 Å². The summed E-state index contributed by atoms with van der Waals surface area (Å²) in [5.41, 5.74) is -0.236. The van der Waals surface area contributed by atoms with Gasteiger partial charge < -0.3 is 10.2 Å². The van der Waals surface area contributed by atoms with E-state index < -0.39 is 16.6 Å². The van der Waals surface area contributed by atoms with Gasteiger partial charge in [0.15, 0.2) is 0 Å². The van der Waals surface area contributed by atoms with Crippen molar-refractivity contribution in [1.29, 1.82) is 0 Å². The molecule has 0 radical (unpaired) electrons. The second-order valence-electron chi connectivity index (χ2n) is 4.64. The second-order valence-corrected chi connectivity index (χ2v) is 6.13. The molecular formula is C14H17NO3S. The van der Waals surface area contributed by atoms with Gasteiger partial charge in [0.25, 0.3) is 0 Å². The van der Waals surface area contributed by atoms with Crippen molar-refractivity contribution in [2.75, 3.05) is 19.7 Å². The van der Waals surface area contributed by atoms with E-state index in [-0.39, 0.29) is 13.2 Å². The van der Waals surface area contributed by atoms with Gasteiger partial charge in [-0.15, -0.1) is 5.92 Å². The lowest BCUT2D eigenvalue weighted by molar-refractivity contribution is -0.000502. The Bertz CT molecular complexity index is 532. The predicted octanol–water partition coefficient (Wildman–Crippen LogP) is 0.510. The molecule has 102 valence electrons. The highest BCUT2D eigenvalue weighted by Crippen LogP contribution is 2.24. The molecule has 1 fully saturated rings. The van der Waals surface area contributed by atoms with Gasteiger partial charge in [0.1, 0.15) is 16.6 Å². The highest BCUT2D eigenvalue weighted by Gasteiger charge is 2.38. The van der Waals surface area contributed by atoms with E-state index in [1.807, 2.05) is 12.1 Å². The number of hydrogen-bond donors (Lipinski definition) is 2. The zero-order valence-corrected chi connectivity index (χ0v) is 11.6. The predicted molar refractivity (Wildman–Crippen MR) is 73.6 cm³/mol. The Morgan fingerprint density at radius 3 is 2.63 bits per heavy atom. The third kappa shape index (κ3) is 3.23. The van der Waals surface area contributed by atoms with Crippen molar-refractivity contribution >= 4 is 11.0 Å². The van der Waals surface area contributed by atoms with Gasteiger partial charge in [-0.2, -0.15) is 0 Å². The number of nitrogens with zero attached hydrogens (tertiary/aromatic N) is 1. The van der Waals surface area contributed by atoms with Crippen LogP contribution in [0.15, 0.2) is 29.2 Å². The van der Waals surface area contributed by atoms with Crippen molar-refractivity contribution < 1.29 is 14.4 Å². The molecule has 2 atom stereocenters. The largest absolute Gasteiger partial charge is 0.393 e. The smallest absolute Gasteiger partial charge is 0.127 e. The van der Waals surface area contributed by atoms with Gasteiger partial charge in [-0.3, -0.25) is 0 Å². The fourth-order valence-electron chi connectivity index (χ4n) is 2.04. The molecular weight excluding hydrogens is 262 g/mol. The summed E-state index contributed by atoms with van der Waals surface area (Å²) >= 11 is 0. The number of rotatable bonds is 3. The summed E-state index contributed by atoms with van der Waals surface area (Å²) in [6.07, 6.45) is 0.439. The summed E-state index contributed by atoms with van der Waals surface area (Å²) < 4.78 is 14.0. The van der Waals surface area contributed by atoms with E-state index in [0.717, 1.165) is 5.56 Å². The lowest BCUT2D eigenvalue weighted by Gasteiger charge is -2.20. The molecule has 0 bridgehead atoms. The molecule has 1 saturated heterocycles. The maximum atomic E-state index is 12.3. The van der Waals surface area contributed by atoms with Crippen molar-refractivity contribution in [3.8, 4) is 11.8 Å². The molecule has 2 unspecified atom stereocenters. The lowest BCUT2D eigenvalue weighted by atomic mass is 10.1. The highest BCUT2D eigenvalue weighted by molar-refractivity contribution is 7.82. The van der Waals surface area contributed by atoms with E-state index >= 15 is 0 Å². The van der Waals surface area contributed by atoms with Gasteiger partial charge in [-0.05, 0) is 37.6 Å². The monoisotopic (exact) mass is 279 g/mol. The van der Waals surface area contributed by atoms with Crippen LogP contribution >= 0.6 is 0 Å². The standard InChI is InChI=1S/C14H17NO3S/c1-2-3-12-4-6-13(7-5-12)19(18)15-9-8-14(17,10-15)11-16/h4-7,16-17H,8-11H2,1H3. The maximum absolute atomic E-state index is 12.3. The summed E-state index contributed by atoms with van der Waals surface area (Å²) in [4.78, 5) is 0.684. The molecule has 0 spiro atoms.